The monoisotopic (exact) mass is 162 g/mol. The molecule has 2 heteroatoms. The van der Waals surface area contributed by atoms with Crippen LogP contribution < -0.4 is 0 Å². The molecule has 2 nitrogen and oxygen atoms in total. The molecule has 0 aromatic heterocycles. The summed E-state index contributed by atoms with van der Waals surface area (Å²) in [6.07, 6.45) is 8.70. The molecule has 0 aromatic rings. The maximum Gasteiger partial charge on any atom is 0.183 e. The van der Waals surface area contributed by atoms with Gasteiger partial charge in [-0.2, -0.15) is 0 Å². The van der Waals surface area contributed by atoms with Crippen LogP contribution in [0, 0.1) is 0 Å². The highest BCUT2D eigenvalue weighted by molar-refractivity contribution is 5.32. The molecular formula is C10H14N2. The van der Waals surface area contributed by atoms with Crippen molar-refractivity contribution >= 4 is 0 Å². The van der Waals surface area contributed by atoms with Crippen LogP contribution in [0.3, 0.4) is 0 Å². The molecular weight excluding hydrogens is 148 g/mol. The highest BCUT2D eigenvalue weighted by atomic mass is 15.3. The van der Waals surface area contributed by atoms with Gasteiger partial charge in [0.1, 0.15) is 0 Å². The average Bonchev–Trinajstić information content (AvgIpc) is 2.16. The Morgan fingerprint density at radius 3 is 2.67 bits per heavy atom. The fourth-order valence-corrected chi connectivity index (χ4v) is 3.27. The van der Waals surface area contributed by atoms with Gasteiger partial charge in [0.2, 0.25) is 0 Å². The number of hydrogen-bond acceptors (Lipinski definition) is 0. The van der Waals surface area contributed by atoms with E-state index in [0.717, 1.165) is 6.42 Å². The Bertz CT molecular complexity index is 290. The standard InChI is InChI=1S/C10H14N2/c11-12-9-5-3-7-10(12)6-2-1-4-8(9)10/h1-7H2. The zero-order valence-electron chi connectivity index (χ0n) is 7.34. The molecule has 2 fully saturated rings. The van der Waals surface area contributed by atoms with Gasteiger partial charge in [-0.25, -0.2) is 0 Å². The predicted molar refractivity (Wildman–Crippen MR) is 45.7 cm³/mol. The molecule has 12 heavy (non-hydrogen) atoms. The summed E-state index contributed by atoms with van der Waals surface area (Å²) in [4.78, 5) is 0. The van der Waals surface area contributed by atoms with Crippen LogP contribution in [0.5, 0.6) is 0 Å². The lowest BCUT2D eigenvalue weighted by atomic mass is 9.64. The van der Waals surface area contributed by atoms with Crippen LogP contribution in [0.15, 0.2) is 11.3 Å². The molecule has 3 rings (SSSR count). The van der Waals surface area contributed by atoms with E-state index in [4.69, 9.17) is 0 Å². The summed E-state index contributed by atoms with van der Waals surface area (Å²) in [7, 11) is 0. The molecule has 0 radical (unpaired) electrons. The molecule has 1 spiro atoms. The molecule has 0 aromatic carbocycles. The van der Waals surface area contributed by atoms with Crippen molar-refractivity contribution in [2.45, 2.75) is 50.5 Å². The van der Waals surface area contributed by atoms with E-state index in [1.165, 1.54) is 44.2 Å². The number of rotatable bonds is 0. The van der Waals surface area contributed by atoms with Crippen LogP contribution in [0.25, 0.3) is 5.53 Å². The summed E-state index contributed by atoms with van der Waals surface area (Å²) < 4.78 is 1.59. The third-order valence-electron chi connectivity index (χ3n) is 3.84. The van der Waals surface area contributed by atoms with Crippen molar-refractivity contribution in [3.63, 3.8) is 0 Å². The van der Waals surface area contributed by atoms with Crippen molar-refractivity contribution in [2.24, 2.45) is 0 Å². The number of allylic oxidation sites excluding steroid dienone is 1. The lowest BCUT2D eigenvalue weighted by Gasteiger charge is -2.50. The van der Waals surface area contributed by atoms with E-state index in [1.807, 2.05) is 0 Å². The van der Waals surface area contributed by atoms with Gasteiger partial charge < -0.3 is 5.53 Å². The maximum absolute atomic E-state index is 9.79. The number of fused-ring (bicyclic) bond motifs is 1. The van der Waals surface area contributed by atoms with Gasteiger partial charge >= 0.3 is 0 Å². The van der Waals surface area contributed by atoms with E-state index in [1.54, 1.807) is 10.3 Å². The van der Waals surface area contributed by atoms with Gasteiger partial charge in [-0.1, -0.05) is 0 Å². The van der Waals surface area contributed by atoms with Crippen molar-refractivity contribution in [1.82, 2.24) is 0 Å². The maximum atomic E-state index is 9.79. The molecule has 0 amide bonds. The largest absolute Gasteiger partial charge is 0.500 e. The van der Waals surface area contributed by atoms with E-state index in [2.05, 4.69) is 0 Å². The SMILES string of the molecule is [N-]=[N+]1C2=C3CCCCC31CCC2. The second-order valence-corrected chi connectivity index (χ2v) is 4.33. The zero-order chi connectivity index (χ0) is 8.18. The normalized spacial score (nSPS) is 39.2. The van der Waals surface area contributed by atoms with Crippen LogP contribution in [0.2, 0.25) is 0 Å². The van der Waals surface area contributed by atoms with Gasteiger partial charge in [0, 0.05) is 19.3 Å². The van der Waals surface area contributed by atoms with Crippen LogP contribution >= 0.6 is 0 Å². The van der Waals surface area contributed by atoms with Crippen molar-refractivity contribution in [3.8, 4) is 0 Å². The first-order chi connectivity index (χ1) is 5.84. The van der Waals surface area contributed by atoms with Gasteiger partial charge in [0.25, 0.3) is 0 Å². The minimum Gasteiger partial charge on any atom is -0.500 e. The summed E-state index contributed by atoms with van der Waals surface area (Å²) in [5.41, 5.74) is 12.8. The van der Waals surface area contributed by atoms with Gasteiger partial charge in [-0.3, -0.25) is 4.70 Å². The Balaban J connectivity index is 2.11. The van der Waals surface area contributed by atoms with Crippen LogP contribution in [0.1, 0.15) is 44.9 Å². The first kappa shape index (κ1) is 6.81. The molecule has 3 aliphatic rings. The fourth-order valence-electron chi connectivity index (χ4n) is 3.27. The minimum atomic E-state index is 0.145. The van der Waals surface area contributed by atoms with Crippen LogP contribution in [-0.2, 0) is 0 Å². The lowest BCUT2D eigenvalue weighted by Crippen LogP contribution is -2.55. The highest BCUT2D eigenvalue weighted by Crippen LogP contribution is 2.54. The topological polar surface area (TPSA) is 25.3 Å². The highest BCUT2D eigenvalue weighted by Gasteiger charge is 2.57. The first-order valence-corrected chi connectivity index (χ1v) is 5.06. The van der Waals surface area contributed by atoms with E-state index in [-0.39, 0.29) is 5.54 Å². The number of hydrogen-bond donors (Lipinski definition) is 0. The molecule has 1 aliphatic carbocycles. The summed E-state index contributed by atoms with van der Waals surface area (Å²) >= 11 is 0. The molecule has 1 unspecified atom stereocenters. The zero-order valence-corrected chi connectivity index (χ0v) is 7.34. The van der Waals surface area contributed by atoms with E-state index < -0.39 is 0 Å². The molecule has 1 atom stereocenters. The summed E-state index contributed by atoms with van der Waals surface area (Å²) in [6, 6.07) is 0. The lowest BCUT2D eigenvalue weighted by molar-refractivity contribution is -0.622. The second-order valence-electron chi connectivity index (χ2n) is 4.33. The Morgan fingerprint density at radius 1 is 1.08 bits per heavy atom. The van der Waals surface area contributed by atoms with E-state index in [9.17, 15) is 5.53 Å². The Kier molecular flexibility index (Phi) is 1.12. The molecule has 2 bridgehead atoms. The van der Waals surface area contributed by atoms with Gasteiger partial charge in [0.15, 0.2) is 11.2 Å². The Labute approximate surface area is 72.8 Å². The van der Waals surface area contributed by atoms with Crippen molar-refractivity contribution < 1.29 is 4.70 Å². The van der Waals surface area contributed by atoms with Crippen molar-refractivity contribution in [2.75, 3.05) is 0 Å². The summed E-state index contributed by atoms with van der Waals surface area (Å²) in [6.45, 7) is 0. The van der Waals surface area contributed by atoms with Crippen molar-refractivity contribution in [1.29, 1.82) is 0 Å². The molecule has 0 N–H and O–H groups in total. The first-order valence-electron chi connectivity index (χ1n) is 5.06. The molecule has 2 heterocycles. The number of nitrogens with zero attached hydrogens (tertiary/aromatic N) is 2. The summed E-state index contributed by atoms with van der Waals surface area (Å²) in [5.74, 6) is 0. The van der Waals surface area contributed by atoms with Gasteiger partial charge in [-0.05, 0) is 25.7 Å². The van der Waals surface area contributed by atoms with Crippen LogP contribution in [-0.4, -0.2) is 10.2 Å². The van der Waals surface area contributed by atoms with Gasteiger partial charge in [-0.15, -0.1) is 0 Å². The van der Waals surface area contributed by atoms with E-state index >= 15 is 0 Å². The smallest absolute Gasteiger partial charge is 0.183 e. The molecule has 1 saturated heterocycles. The van der Waals surface area contributed by atoms with Crippen molar-refractivity contribution in [3.05, 3.63) is 16.8 Å². The summed E-state index contributed by atoms with van der Waals surface area (Å²) in [5, 5.41) is 0. The van der Waals surface area contributed by atoms with Crippen LogP contribution in [0.4, 0.5) is 0 Å². The van der Waals surface area contributed by atoms with E-state index in [0.29, 0.717) is 0 Å². The average molecular weight is 162 g/mol. The molecule has 1 saturated carbocycles. The van der Waals surface area contributed by atoms with Gasteiger partial charge in [0.05, 0.1) is 5.57 Å². The Hall–Kier alpha value is -0.660. The predicted octanol–water partition coefficient (Wildman–Crippen LogP) is 2.78. The molecule has 2 aliphatic heterocycles. The Morgan fingerprint density at radius 2 is 1.92 bits per heavy atom. The molecule has 64 valence electrons. The third-order valence-corrected chi connectivity index (χ3v) is 3.84. The number of piperidine rings is 1. The second kappa shape index (κ2) is 1.98. The quantitative estimate of drug-likeness (QED) is 0.489. The minimum absolute atomic E-state index is 0.145. The fraction of sp³-hybridized carbons (Fsp3) is 0.800. The third kappa shape index (κ3) is 0.551.